The smallest absolute Gasteiger partial charge is 0.0471 e. The van der Waals surface area contributed by atoms with E-state index in [2.05, 4.69) is 11.6 Å². The van der Waals surface area contributed by atoms with E-state index in [9.17, 15) is 0 Å². The molecule has 11 heavy (non-hydrogen) atoms. The Hall–Kier alpha value is -1.15. The third kappa shape index (κ3) is 2.16. The predicted octanol–water partition coefficient (Wildman–Crippen LogP) is 1.48. The Morgan fingerprint density at radius 1 is 1.45 bits per heavy atom. The van der Waals surface area contributed by atoms with E-state index in [0.29, 0.717) is 6.42 Å². The molecule has 0 aliphatic carbocycles. The van der Waals surface area contributed by atoms with Crippen molar-refractivity contribution in [1.29, 1.82) is 0 Å². The lowest BCUT2D eigenvalue weighted by Crippen LogP contribution is -1.87. The van der Waals surface area contributed by atoms with Gasteiger partial charge in [-0.2, -0.15) is 0 Å². The fraction of sp³-hybridized carbons (Fsp3) is 0.222. The van der Waals surface area contributed by atoms with Crippen molar-refractivity contribution in [2.24, 2.45) is 0 Å². The van der Waals surface area contributed by atoms with E-state index in [1.165, 1.54) is 0 Å². The normalized spacial score (nSPS) is 9.55. The van der Waals surface area contributed by atoms with Crippen molar-refractivity contribution in [2.75, 3.05) is 6.61 Å². The second-order valence-corrected chi connectivity index (χ2v) is 2.31. The van der Waals surface area contributed by atoms with Crippen LogP contribution in [0.3, 0.4) is 0 Å². The van der Waals surface area contributed by atoms with Gasteiger partial charge in [0.05, 0.1) is 0 Å². The number of nitrogens with zero attached hydrogens (tertiary/aromatic N) is 1. The second-order valence-electron chi connectivity index (χ2n) is 2.31. The van der Waals surface area contributed by atoms with Gasteiger partial charge >= 0.3 is 0 Å². The highest BCUT2D eigenvalue weighted by Gasteiger charge is 1.95. The monoisotopic (exact) mass is 149 g/mol. The van der Waals surface area contributed by atoms with Crippen LogP contribution in [-0.4, -0.2) is 16.7 Å². The zero-order valence-corrected chi connectivity index (χ0v) is 6.33. The molecule has 0 fully saturated rings. The highest BCUT2D eigenvalue weighted by molar-refractivity contribution is 5.62. The Morgan fingerprint density at radius 3 is 2.64 bits per heavy atom. The summed E-state index contributed by atoms with van der Waals surface area (Å²) in [5.74, 6) is 0. The molecule has 0 bridgehead atoms. The third-order valence-electron chi connectivity index (χ3n) is 1.50. The highest BCUT2D eigenvalue weighted by Crippen LogP contribution is 2.13. The SMILES string of the molecule is C=C(CCO)c1ccncc1. The first-order valence-corrected chi connectivity index (χ1v) is 3.53. The molecule has 1 rings (SSSR count). The summed E-state index contributed by atoms with van der Waals surface area (Å²) in [5.41, 5.74) is 2.00. The quantitative estimate of drug-likeness (QED) is 0.706. The van der Waals surface area contributed by atoms with Crippen molar-refractivity contribution in [1.82, 2.24) is 4.98 Å². The molecule has 0 atom stereocenters. The molecule has 58 valence electrons. The fourth-order valence-electron chi connectivity index (χ4n) is 0.867. The molecule has 0 saturated carbocycles. The minimum absolute atomic E-state index is 0.154. The van der Waals surface area contributed by atoms with Crippen LogP contribution in [0.5, 0.6) is 0 Å². The maximum Gasteiger partial charge on any atom is 0.0471 e. The van der Waals surface area contributed by atoms with Crippen molar-refractivity contribution in [3.63, 3.8) is 0 Å². The number of aliphatic hydroxyl groups is 1. The first-order valence-electron chi connectivity index (χ1n) is 3.53. The maximum atomic E-state index is 8.62. The van der Waals surface area contributed by atoms with Gasteiger partial charge in [-0.1, -0.05) is 6.58 Å². The van der Waals surface area contributed by atoms with Gasteiger partial charge in [0, 0.05) is 19.0 Å². The molecular weight excluding hydrogens is 138 g/mol. The zero-order valence-electron chi connectivity index (χ0n) is 6.33. The van der Waals surface area contributed by atoms with Crippen LogP contribution in [-0.2, 0) is 0 Å². The topological polar surface area (TPSA) is 33.1 Å². The van der Waals surface area contributed by atoms with E-state index in [0.717, 1.165) is 11.1 Å². The number of aromatic nitrogens is 1. The van der Waals surface area contributed by atoms with Gasteiger partial charge in [-0.25, -0.2) is 0 Å². The summed E-state index contributed by atoms with van der Waals surface area (Å²) in [6.45, 7) is 3.98. The van der Waals surface area contributed by atoms with Crippen LogP contribution in [0.2, 0.25) is 0 Å². The molecule has 0 aliphatic heterocycles. The third-order valence-corrected chi connectivity index (χ3v) is 1.50. The van der Waals surface area contributed by atoms with E-state index < -0.39 is 0 Å². The average Bonchev–Trinajstić information content (AvgIpc) is 2.07. The zero-order chi connectivity index (χ0) is 8.10. The molecule has 0 aromatic carbocycles. The minimum atomic E-state index is 0.154. The van der Waals surface area contributed by atoms with Gasteiger partial charge in [-0.15, -0.1) is 0 Å². The Balaban J connectivity index is 2.69. The summed E-state index contributed by atoms with van der Waals surface area (Å²) in [4.78, 5) is 3.88. The van der Waals surface area contributed by atoms with Crippen LogP contribution >= 0.6 is 0 Å². The molecule has 2 nitrogen and oxygen atoms in total. The summed E-state index contributed by atoms with van der Waals surface area (Å²) in [6, 6.07) is 3.77. The molecule has 1 aromatic rings. The van der Waals surface area contributed by atoms with Gasteiger partial charge in [0.15, 0.2) is 0 Å². The maximum absolute atomic E-state index is 8.62. The number of aliphatic hydroxyl groups excluding tert-OH is 1. The standard InChI is InChI=1S/C9H11NO/c1-8(4-7-11)9-2-5-10-6-3-9/h2-3,5-6,11H,1,4,7H2. The highest BCUT2D eigenvalue weighted by atomic mass is 16.2. The summed E-state index contributed by atoms with van der Waals surface area (Å²) in [7, 11) is 0. The van der Waals surface area contributed by atoms with Gasteiger partial charge < -0.3 is 5.11 Å². The molecule has 2 heteroatoms. The molecule has 0 amide bonds. The molecule has 0 unspecified atom stereocenters. The molecule has 0 aliphatic rings. The van der Waals surface area contributed by atoms with Crippen molar-refractivity contribution in [3.05, 3.63) is 36.7 Å². The first kappa shape index (κ1) is 7.95. The Labute approximate surface area is 66.2 Å². The molecule has 0 spiro atoms. The molecule has 1 heterocycles. The number of hydrogen-bond acceptors (Lipinski definition) is 2. The predicted molar refractivity (Wildman–Crippen MR) is 45.0 cm³/mol. The second kappa shape index (κ2) is 3.88. The molecular formula is C9H11NO. The summed E-state index contributed by atoms with van der Waals surface area (Å²) in [5, 5.41) is 8.62. The van der Waals surface area contributed by atoms with Crippen molar-refractivity contribution >= 4 is 5.57 Å². The number of hydrogen-bond donors (Lipinski definition) is 1. The van der Waals surface area contributed by atoms with Gasteiger partial charge in [-0.05, 0) is 29.7 Å². The Morgan fingerprint density at radius 2 is 2.09 bits per heavy atom. The average molecular weight is 149 g/mol. The Kier molecular flexibility index (Phi) is 2.81. The van der Waals surface area contributed by atoms with Crippen molar-refractivity contribution in [2.45, 2.75) is 6.42 Å². The van der Waals surface area contributed by atoms with Gasteiger partial charge in [0.25, 0.3) is 0 Å². The van der Waals surface area contributed by atoms with Gasteiger partial charge in [-0.3, -0.25) is 4.98 Å². The largest absolute Gasteiger partial charge is 0.396 e. The lowest BCUT2D eigenvalue weighted by molar-refractivity contribution is 0.305. The van der Waals surface area contributed by atoms with Gasteiger partial charge in [0.2, 0.25) is 0 Å². The number of pyridine rings is 1. The Bertz CT molecular complexity index is 231. The van der Waals surface area contributed by atoms with Crippen LogP contribution < -0.4 is 0 Å². The lowest BCUT2D eigenvalue weighted by atomic mass is 10.1. The van der Waals surface area contributed by atoms with Crippen molar-refractivity contribution in [3.8, 4) is 0 Å². The fourth-order valence-corrected chi connectivity index (χ4v) is 0.867. The van der Waals surface area contributed by atoms with E-state index in [-0.39, 0.29) is 6.61 Å². The van der Waals surface area contributed by atoms with Crippen LogP contribution in [0.25, 0.3) is 5.57 Å². The molecule has 0 saturated heterocycles. The summed E-state index contributed by atoms with van der Waals surface area (Å²) >= 11 is 0. The van der Waals surface area contributed by atoms with Crippen LogP contribution in [0.4, 0.5) is 0 Å². The lowest BCUT2D eigenvalue weighted by Gasteiger charge is -2.01. The summed E-state index contributed by atoms with van der Waals surface area (Å²) in [6.07, 6.45) is 4.07. The summed E-state index contributed by atoms with van der Waals surface area (Å²) < 4.78 is 0. The minimum Gasteiger partial charge on any atom is -0.396 e. The van der Waals surface area contributed by atoms with Crippen LogP contribution in [0.15, 0.2) is 31.1 Å². The van der Waals surface area contributed by atoms with Gasteiger partial charge in [0.1, 0.15) is 0 Å². The van der Waals surface area contributed by atoms with E-state index in [4.69, 9.17) is 5.11 Å². The molecule has 0 radical (unpaired) electrons. The van der Waals surface area contributed by atoms with Crippen molar-refractivity contribution < 1.29 is 5.11 Å². The van der Waals surface area contributed by atoms with Crippen LogP contribution in [0, 0.1) is 0 Å². The molecule has 1 aromatic heterocycles. The van der Waals surface area contributed by atoms with E-state index >= 15 is 0 Å². The van der Waals surface area contributed by atoms with E-state index in [1.807, 2.05) is 12.1 Å². The van der Waals surface area contributed by atoms with E-state index in [1.54, 1.807) is 12.4 Å². The number of rotatable bonds is 3. The first-order chi connectivity index (χ1) is 5.34. The molecule has 1 N–H and O–H groups in total. The van der Waals surface area contributed by atoms with Crippen LogP contribution in [0.1, 0.15) is 12.0 Å².